The molecule has 0 aliphatic heterocycles. The zero-order chi connectivity index (χ0) is 10.4. The molecule has 4 heteroatoms. The van der Waals surface area contributed by atoms with Crippen molar-refractivity contribution in [2.24, 2.45) is 30.6 Å². The van der Waals surface area contributed by atoms with Crippen molar-refractivity contribution in [1.29, 1.82) is 0 Å². The molecule has 0 bridgehead atoms. The lowest BCUT2D eigenvalue weighted by Crippen LogP contribution is -2.33. The fourth-order valence-corrected chi connectivity index (χ4v) is 3.14. The number of nitrogens with zero attached hydrogens (tertiary/aromatic N) is 2. The van der Waals surface area contributed by atoms with Gasteiger partial charge < -0.3 is 0 Å². The van der Waals surface area contributed by atoms with E-state index in [4.69, 9.17) is 5.84 Å². The average molecular weight is 206 g/mol. The van der Waals surface area contributed by atoms with E-state index in [0.29, 0.717) is 12.0 Å². The van der Waals surface area contributed by atoms with Crippen LogP contribution in [0.4, 0.5) is 0 Å². The largest absolute Gasteiger partial charge is 0.275 e. The number of nitrogens with two attached hydrogens (primary N) is 1. The summed E-state index contributed by atoms with van der Waals surface area (Å²) in [4.78, 5) is 0. The van der Waals surface area contributed by atoms with Gasteiger partial charge in [0.05, 0.1) is 12.2 Å². The molecule has 3 atom stereocenters. The summed E-state index contributed by atoms with van der Waals surface area (Å²) >= 11 is 0. The average Bonchev–Trinajstić information content (AvgIpc) is 2.63. The molecule has 3 N–H and O–H groups in total. The number of aromatic nitrogens is 2. The number of hydrogen-bond donors (Lipinski definition) is 2. The number of fused-ring (bicyclic) bond motifs is 1. The third kappa shape index (κ3) is 1.58. The van der Waals surface area contributed by atoms with Gasteiger partial charge >= 0.3 is 0 Å². The molecule has 3 rings (SSSR count). The van der Waals surface area contributed by atoms with E-state index in [2.05, 4.69) is 16.7 Å². The first kappa shape index (κ1) is 9.36. The summed E-state index contributed by atoms with van der Waals surface area (Å²) in [5.41, 5.74) is 4.19. The van der Waals surface area contributed by atoms with E-state index in [1.165, 1.54) is 24.8 Å². The molecule has 0 radical (unpaired) electrons. The molecule has 1 heterocycles. The highest BCUT2D eigenvalue weighted by molar-refractivity contribution is 5.14. The van der Waals surface area contributed by atoms with E-state index in [0.717, 1.165) is 11.8 Å². The molecule has 2 fully saturated rings. The zero-order valence-electron chi connectivity index (χ0n) is 9.06. The van der Waals surface area contributed by atoms with Crippen LogP contribution in [0.1, 0.15) is 30.9 Å². The van der Waals surface area contributed by atoms with Crippen LogP contribution < -0.4 is 11.3 Å². The minimum atomic E-state index is 0.298. The summed E-state index contributed by atoms with van der Waals surface area (Å²) in [6.45, 7) is 0. The van der Waals surface area contributed by atoms with Crippen molar-refractivity contribution in [1.82, 2.24) is 15.2 Å². The molecule has 1 aromatic rings. The van der Waals surface area contributed by atoms with Gasteiger partial charge in [-0.1, -0.05) is 0 Å². The maximum absolute atomic E-state index is 5.67. The molecule has 0 spiro atoms. The second-order valence-electron chi connectivity index (χ2n) is 5.08. The van der Waals surface area contributed by atoms with Crippen molar-refractivity contribution < 1.29 is 0 Å². The summed E-state index contributed by atoms with van der Waals surface area (Å²) in [7, 11) is 1.95. The maximum atomic E-state index is 5.67. The predicted octanol–water partition coefficient (Wildman–Crippen LogP) is 0.971. The molecule has 0 aromatic carbocycles. The lowest BCUT2D eigenvalue weighted by Gasteiger charge is -2.22. The molecule has 0 saturated heterocycles. The Morgan fingerprint density at radius 2 is 2.20 bits per heavy atom. The molecule has 15 heavy (non-hydrogen) atoms. The third-order valence-corrected chi connectivity index (χ3v) is 4.01. The van der Waals surface area contributed by atoms with Gasteiger partial charge in [-0.2, -0.15) is 5.10 Å². The molecule has 4 nitrogen and oxygen atoms in total. The molecule has 2 aliphatic carbocycles. The van der Waals surface area contributed by atoms with Crippen molar-refractivity contribution in [3.8, 4) is 0 Å². The molecule has 3 unspecified atom stereocenters. The Kier molecular flexibility index (Phi) is 2.07. The van der Waals surface area contributed by atoms with Crippen molar-refractivity contribution in [3.05, 3.63) is 18.0 Å². The summed E-state index contributed by atoms with van der Waals surface area (Å²) in [6.07, 6.45) is 8.13. The Labute approximate surface area is 89.8 Å². The highest BCUT2D eigenvalue weighted by Crippen LogP contribution is 2.56. The van der Waals surface area contributed by atoms with Gasteiger partial charge in [-0.15, -0.1) is 0 Å². The highest BCUT2D eigenvalue weighted by Gasteiger charge is 2.48. The fraction of sp³-hybridized carbons (Fsp3) is 0.727. The predicted molar refractivity (Wildman–Crippen MR) is 57.6 cm³/mol. The van der Waals surface area contributed by atoms with E-state index < -0.39 is 0 Å². The Morgan fingerprint density at radius 1 is 1.47 bits per heavy atom. The van der Waals surface area contributed by atoms with Crippen LogP contribution >= 0.6 is 0 Å². The standard InChI is InChI=1S/C11H18N4/c1-15-6-10(5-13-15)11(14-12)9-3-7-2-8(7)4-9/h5-9,11,14H,2-4,12H2,1H3. The van der Waals surface area contributed by atoms with Crippen molar-refractivity contribution in [2.45, 2.75) is 25.3 Å². The number of aryl methyl sites for hydroxylation is 1. The maximum Gasteiger partial charge on any atom is 0.0538 e. The van der Waals surface area contributed by atoms with Crippen LogP contribution in [0.15, 0.2) is 12.4 Å². The van der Waals surface area contributed by atoms with E-state index in [9.17, 15) is 0 Å². The van der Waals surface area contributed by atoms with Crippen molar-refractivity contribution in [2.75, 3.05) is 0 Å². The molecule has 2 aliphatic rings. The van der Waals surface area contributed by atoms with Gasteiger partial charge in [-0.05, 0) is 37.0 Å². The Bertz CT molecular complexity index is 349. The molecule has 82 valence electrons. The molecular weight excluding hydrogens is 188 g/mol. The van der Waals surface area contributed by atoms with Gasteiger partial charge in [0, 0.05) is 18.8 Å². The van der Waals surface area contributed by atoms with E-state index in [1.54, 1.807) is 0 Å². The normalized spacial score (nSPS) is 35.2. The van der Waals surface area contributed by atoms with Gasteiger partial charge in [0.25, 0.3) is 0 Å². The number of hydrazine groups is 1. The number of hydrogen-bond acceptors (Lipinski definition) is 3. The van der Waals surface area contributed by atoms with Crippen LogP contribution in [0.3, 0.4) is 0 Å². The Balaban J connectivity index is 1.76. The van der Waals surface area contributed by atoms with Gasteiger partial charge in [-0.3, -0.25) is 16.0 Å². The second kappa shape index (κ2) is 3.32. The van der Waals surface area contributed by atoms with Crippen molar-refractivity contribution >= 4 is 0 Å². The minimum Gasteiger partial charge on any atom is -0.275 e. The lowest BCUT2D eigenvalue weighted by atomic mass is 9.91. The van der Waals surface area contributed by atoms with Crippen LogP contribution in [-0.2, 0) is 7.05 Å². The third-order valence-electron chi connectivity index (χ3n) is 4.01. The summed E-state index contributed by atoms with van der Waals surface area (Å²) < 4.78 is 1.84. The minimum absolute atomic E-state index is 0.298. The molecule has 0 amide bonds. The SMILES string of the molecule is Cn1cc(C(NN)C2CC3CC3C2)cn1. The second-order valence-corrected chi connectivity index (χ2v) is 5.08. The summed E-state index contributed by atoms with van der Waals surface area (Å²) in [5.74, 6) is 8.38. The van der Waals surface area contributed by atoms with E-state index >= 15 is 0 Å². The molecular formula is C11H18N4. The monoisotopic (exact) mass is 206 g/mol. The van der Waals surface area contributed by atoms with Gasteiger partial charge in [-0.25, -0.2) is 0 Å². The quantitative estimate of drug-likeness (QED) is 0.572. The van der Waals surface area contributed by atoms with Crippen LogP contribution in [0, 0.1) is 17.8 Å². The Hall–Kier alpha value is -0.870. The highest BCUT2D eigenvalue weighted by atomic mass is 15.3. The lowest BCUT2D eigenvalue weighted by molar-refractivity contribution is 0.345. The summed E-state index contributed by atoms with van der Waals surface area (Å²) in [6, 6.07) is 0.298. The van der Waals surface area contributed by atoms with Crippen LogP contribution in [0.5, 0.6) is 0 Å². The number of nitrogens with one attached hydrogen (secondary N) is 1. The van der Waals surface area contributed by atoms with Crippen LogP contribution in [0.25, 0.3) is 0 Å². The van der Waals surface area contributed by atoms with Crippen LogP contribution in [0.2, 0.25) is 0 Å². The van der Waals surface area contributed by atoms with E-state index in [-0.39, 0.29) is 0 Å². The number of rotatable bonds is 3. The molecule has 1 aromatic heterocycles. The van der Waals surface area contributed by atoms with Gasteiger partial charge in [0.15, 0.2) is 0 Å². The summed E-state index contributed by atoms with van der Waals surface area (Å²) in [5, 5.41) is 4.21. The first-order valence-electron chi connectivity index (χ1n) is 5.72. The van der Waals surface area contributed by atoms with E-state index in [1.807, 2.05) is 17.9 Å². The first-order chi connectivity index (χ1) is 7.28. The Morgan fingerprint density at radius 3 is 2.73 bits per heavy atom. The smallest absolute Gasteiger partial charge is 0.0538 e. The fourth-order valence-electron chi connectivity index (χ4n) is 3.14. The topological polar surface area (TPSA) is 55.9 Å². The van der Waals surface area contributed by atoms with Gasteiger partial charge in [0.1, 0.15) is 0 Å². The van der Waals surface area contributed by atoms with Gasteiger partial charge in [0.2, 0.25) is 0 Å². The first-order valence-corrected chi connectivity index (χ1v) is 5.72. The van der Waals surface area contributed by atoms with Crippen LogP contribution in [-0.4, -0.2) is 9.78 Å². The zero-order valence-corrected chi connectivity index (χ0v) is 9.06. The van der Waals surface area contributed by atoms with Crippen molar-refractivity contribution in [3.63, 3.8) is 0 Å². The molecule has 2 saturated carbocycles.